The summed E-state index contributed by atoms with van der Waals surface area (Å²) >= 11 is 0. The molecule has 0 aliphatic carbocycles. The SMILES string of the molecule is Cc1cc(C)cc(ON=C(NC(=N)N)NC(C)C)c1. The van der Waals surface area contributed by atoms with Crippen LogP contribution in [0, 0.1) is 19.3 Å². The smallest absolute Gasteiger partial charge is 0.241 e. The van der Waals surface area contributed by atoms with Crippen LogP contribution in [0.3, 0.4) is 0 Å². The van der Waals surface area contributed by atoms with Gasteiger partial charge in [0.15, 0.2) is 11.7 Å². The molecule has 0 aliphatic heterocycles. The molecular formula is C13H21N5O. The van der Waals surface area contributed by atoms with Gasteiger partial charge in [0.1, 0.15) is 0 Å². The Kier molecular flexibility index (Phi) is 5.17. The Bertz CT molecular complexity index is 462. The van der Waals surface area contributed by atoms with Crippen molar-refractivity contribution in [2.45, 2.75) is 33.7 Å². The first-order chi connectivity index (χ1) is 8.86. The first kappa shape index (κ1) is 14.8. The van der Waals surface area contributed by atoms with Crippen LogP contribution in [0.4, 0.5) is 0 Å². The predicted molar refractivity (Wildman–Crippen MR) is 77.3 cm³/mol. The number of hydrogen-bond donors (Lipinski definition) is 4. The molecule has 1 aromatic carbocycles. The van der Waals surface area contributed by atoms with E-state index in [1.165, 1.54) is 0 Å². The third-order valence-electron chi connectivity index (χ3n) is 2.12. The average Bonchev–Trinajstić information content (AvgIpc) is 2.23. The van der Waals surface area contributed by atoms with Crippen LogP contribution in [0.25, 0.3) is 0 Å². The quantitative estimate of drug-likeness (QED) is 0.377. The summed E-state index contributed by atoms with van der Waals surface area (Å²) in [6, 6.07) is 5.97. The summed E-state index contributed by atoms with van der Waals surface area (Å²) in [6.45, 7) is 7.89. The van der Waals surface area contributed by atoms with E-state index in [1.54, 1.807) is 0 Å². The number of aryl methyl sites for hydroxylation is 2. The Morgan fingerprint density at radius 2 is 1.84 bits per heavy atom. The fourth-order valence-electron chi connectivity index (χ4n) is 1.57. The van der Waals surface area contributed by atoms with Gasteiger partial charge in [0.2, 0.25) is 5.96 Å². The standard InChI is InChI=1S/C13H21N5O/c1-8(2)16-13(17-12(14)15)18-19-11-6-9(3)5-10(4)7-11/h5-8H,1-4H3,(H5,14,15,16,17,18). The maximum absolute atomic E-state index is 7.21. The molecule has 0 aliphatic rings. The van der Waals surface area contributed by atoms with E-state index in [1.807, 2.05) is 39.8 Å². The summed E-state index contributed by atoms with van der Waals surface area (Å²) < 4.78 is 0. The van der Waals surface area contributed by atoms with E-state index in [4.69, 9.17) is 16.0 Å². The number of nitrogens with zero attached hydrogens (tertiary/aromatic N) is 1. The Hall–Kier alpha value is -2.24. The van der Waals surface area contributed by atoms with Crippen molar-refractivity contribution in [1.29, 1.82) is 5.41 Å². The summed E-state index contributed by atoms with van der Waals surface area (Å²) in [4.78, 5) is 5.34. The zero-order valence-electron chi connectivity index (χ0n) is 11.7. The summed E-state index contributed by atoms with van der Waals surface area (Å²) in [5.41, 5.74) is 7.48. The molecule has 6 nitrogen and oxygen atoms in total. The molecule has 1 rings (SSSR count). The van der Waals surface area contributed by atoms with Crippen LogP contribution in [0.5, 0.6) is 5.75 Å². The zero-order chi connectivity index (χ0) is 14.4. The van der Waals surface area contributed by atoms with Gasteiger partial charge in [-0.2, -0.15) is 0 Å². The average molecular weight is 263 g/mol. The lowest BCUT2D eigenvalue weighted by Crippen LogP contribution is -2.46. The molecule has 6 heteroatoms. The fraction of sp³-hybridized carbons (Fsp3) is 0.385. The number of nitrogens with one attached hydrogen (secondary N) is 3. The van der Waals surface area contributed by atoms with Crippen LogP contribution < -0.4 is 21.2 Å². The van der Waals surface area contributed by atoms with Gasteiger partial charge >= 0.3 is 0 Å². The molecule has 0 saturated carbocycles. The molecule has 5 N–H and O–H groups in total. The molecule has 19 heavy (non-hydrogen) atoms. The van der Waals surface area contributed by atoms with E-state index in [-0.39, 0.29) is 12.0 Å². The van der Waals surface area contributed by atoms with Crippen LogP contribution in [0.1, 0.15) is 25.0 Å². The molecule has 104 valence electrons. The van der Waals surface area contributed by atoms with Gasteiger partial charge in [0.05, 0.1) is 0 Å². The topological polar surface area (TPSA) is 95.5 Å². The van der Waals surface area contributed by atoms with Crippen molar-refractivity contribution in [2.75, 3.05) is 0 Å². The van der Waals surface area contributed by atoms with Crippen LogP contribution in [0.15, 0.2) is 23.4 Å². The van der Waals surface area contributed by atoms with Gasteiger partial charge in [-0.05, 0) is 56.1 Å². The third-order valence-corrected chi connectivity index (χ3v) is 2.12. The van der Waals surface area contributed by atoms with Crippen LogP contribution in [-0.4, -0.2) is 18.0 Å². The van der Waals surface area contributed by atoms with E-state index in [0.717, 1.165) is 11.1 Å². The predicted octanol–water partition coefficient (Wildman–Crippen LogP) is 1.43. The second kappa shape index (κ2) is 6.63. The molecule has 0 atom stereocenters. The van der Waals surface area contributed by atoms with Crippen LogP contribution in [0.2, 0.25) is 0 Å². The molecule has 1 aromatic rings. The highest BCUT2D eigenvalue weighted by molar-refractivity contribution is 5.96. The van der Waals surface area contributed by atoms with Gasteiger partial charge in [0, 0.05) is 6.04 Å². The Labute approximate surface area is 113 Å². The van der Waals surface area contributed by atoms with E-state index >= 15 is 0 Å². The summed E-state index contributed by atoms with van der Waals surface area (Å²) in [7, 11) is 0. The van der Waals surface area contributed by atoms with Crippen molar-refractivity contribution >= 4 is 11.9 Å². The summed E-state index contributed by atoms with van der Waals surface area (Å²) in [5, 5.41) is 16.7. The lowest BCUT2D eigenvalue weighted by molar-refractivity contribution is 0.336. The van der Waals surface area contributed by atoms with Crippen LogP contribution in [-0.2, 0) is 0 Å². The Balaban J connectivity index is 2.81. The van der Waals surface area contributed by atoms with E-state index in [0.29, 0.717) is 11.7 Å². The fourth-order valence-corrected chi connectivity index (χ4v) is 1.57. The number of nitrogens with two attached hydrogens (primary N) is 1. The highest BCUT2D eigenvalue weighted by Gasteiger charge is 2.04. The molecule has 0 saturated heterocycles. The second-order valence-corrected chi connectivity index (χ2v) is 4.69. The van der Waals surface area contributed by atoms with E-state index in [9.17, 15) is 0 Å². The Morgan fingerprint density at radius 3 is 2.32 bits per heavy atom. The van der Waals surface area contributed by atoms with Gasteiger partial charge in [0.25, 0.3) is 0 Å². The van der Waals surface area contributed by atoms with Crippen molar-refractivity contribution in [3.05, 3.63) is 29.3 Å². The second-order valence-electron chi connectivity index (χ2n) is 4.69. The van der Waals surface area contributed by atoms with Crippen molar-refractivity contribution < 1.29 is 4.84 Å². The minimum absolute atomic E-state index is 0.147. The molecule has 0 spiro atoms. The molecule has 0 unspecified atom stereocenters. The number of guanidine groups is 2. The first-order valence-electron chi connectivity index (χ1n) is 6.07. The zero-order valence-corrected chi connectivity index (χ0v) is 11.7. The van der Waals surface area contributed by atoms with E-state index in [2.05, 4.69) is 21.9 Å². The number of benzene rings is 1. The third kappa shape index (κ3) is 5.76. The first-order valence-corrected chi connectivity index (χ1v) is 6.07. The molecule has 0 aromatic heterocycles. The highest BCUT2D eigenvalue weighted by atomic mass is 16.6. The van der Waals surface area contributed by atoms with Crippen molar-refractivity contribution in [2.24, 2.45) is 10.9 Å². The van der Waals surface area contributed by atoms with Gasteiger partial charge in [-0.15, -0.1) is 0 Å². The highest BCUT2D eigenvalue weighted by Crippen LogP contribution is 2.16. The molecule has 0 amide bonds. The van der Waals surface area contributed by atoms with Crippen molar-refractivity contribution in [3.8, 4) is 5.75 Å². The molecule has 0 fully saturated rings. The number of oxime groups is 1. The molecule has 0 radical (unpaired) electrons. The minimum atomic E-state index is -0.198. The van der Waals surface area contributed by atoms with E-state index < -0.39 is 0 Å². The maximum atomic E-state index is 7.21. The van der Waals surface area contributed by atoms with Crippen molar-refractivity contribution in [1.82, 2.24) is 10.6 Å². The number of rotatable bonds is 3. The normalized spacial score (nSPS) is 11.3. The largest absolute Gasteiger partial charge is 0.370 e. The number of hydrogen-bond acceptors (Lipinski definition) is 3. The van der Waals surface area contributed by atoms with Crippen molar-refractivity contribution in [3.63, 3.8) is 0 Å². The van der Waals surface area contributed by atoms with Gasteiger partial charge in [-0.1, -0.05) is 6.07 Å². The molecule has 0 bridgehead atoms. The molecule has 0 heterocycles. The monoisotopic (exact) mass is 263 g/mol. The summed E-state index contributed by atoms with van der Waals surface area (Å²) in [6.07, 6.45) is 0. The van der Waals surface area contributed by atoms with Gasteiger partial charge < -0.3 is 15.9 Å². The summed E-state index contributed by atoms with van der Waals surface area (Å²) in [5.74, 6) is 0.753. The Morgan fingerprint density at radius 1 is 1.26 bits per heavy atom. The lowest BCUT2D eigenvalue weighted by Gasteiger charge is -2.13. The lowest BCUT2D eigenvalue weighted by atomic mass is 10.1. The van der Waals surface area contributed by atoms with Gasteiger partial charge in [-0.3, -0.25) is 10.7 Å². The molecular weight excluding hydrogens is 242 g/mol. The maximum Gasteiger partial charge on any atom is 0.241 e. The van der Waals surface area contributed by atoms with Gasteiger partial charge in [-0.25, -0.2) is 0 Å². The van der Waals surface area contributed by atoms with Crippen LogP contribution >= 0.6 is 0 Å². The minimum Gasteiger partial charge on any atom is -0.370 e.